The number of rotatable bonds is 18. The number of fused-ring (bicyclic) bond motifs is 6. The summed E-state index contributed by atoms with van der Waals surface area (Å²) >= 11 is 0. The SMILES string of the molecule is C=C(C)/C=C\C(=C/C)c1c(-c2cccc(-c3nnc(-c4cc(-c5ccccc5)cc(-c5ccccc5)c4)o3)c2)c(-c2cccc(-c3nnc(-c4cc(-c5ccccc5)cc(-c5ccccc5)c4)o3)c2)c(-c2ccc(C)cc2)c2c3cccc4c5c(-c6ccccc6)c(-c6ccccc6)c(-c6ccccc6)c(-c6ccccc6)c5c5cccc(c12)c5c34. The molecule has 121 heavy (non-hydrogen) atoms. The van der Waals surface area contributed by atoms with Crippen LogP contribution in [0.4, 0.5) is 0 Å². The van der Waals surface area contributed by atoms with Gasteiger partial charge in [-0.15, -0.1) is 20.4 Å². The van der Waals surface area contributed by atoms with E-state index in [1.54, 1.807) is 0 Å². The van der Waals surface area contributed by atoms with Crippen molar-refractivity contribution in [3.8, 4) is 168 Å². The van der Waals surface area contributed by atoms with Crippen molar-refractivity contribution in [1.82, 2.24) is 20.4 Å². The summed E-state index contributed by atoms with van der Waals surface area (Å²) in [6, 6.07) is 140. The molecule has 0 amide bonds. The van der Waals surface area contributed by atoms with E-state index in [1.807, 2.05) is 24.3 Å². The highest BCUT2D eigenvalue weighted by Crippen LogP contribution is 2.60. The number of nitrogens with zero attached hydrogens (tertiary/aromatic N) is 4. The van der Waals surface area contributed by atoms with Crippen molar-refractivity contribution in [1.29, 1.82) is 0 Å². The molecule has 0 aliphatic rings. The van der Waals surface area contributed by atoms with Gasteiger partial charge in [-0.2, -0.15) is 0 Å². The summed E-state index contributed by atoms with van der Waals surface area (Å²) in [5, 5.41) is 31.2. The largest absolute Gasteiger partial charge is 0.416 e. The predicted molar refractivity (Wildman–Crippen MR) is 505 cm³/mol. The minimum absolute atomic E-state index is 0.377. The number of hydrogen-bond acceptors (Lipinski definition) is 6. The maximum absolute atomic E-state index is 7.07. The van der Waals surface area contributed by atoms with Gasteiger partial charge in [0.2, 0.25) is 23.6 Å². The molecule has 0 aliphatic heterocycles. The zero-order valence-electron chi connectivity index (χ0n) is 67.0. The zero-order chi connectivity index (χ0) is 81.0. The van der Waals surface area contributed by atoms with Crippen LogP contribution in [-0.2, 0) is 0 Å². The Hall–Kier alpha value is -15.8. The average molecular weight is 1550 g/mol. The Labute approximate surface area is 702 Å². The van der Waals surface area contributed by atoms with Gasteiger partial charge in [0, 0.05) is 22.3 Å². The van der Waals surface area contributed by atoms with E-state index in [0.717, 1.165) is 183 Å². The van der Waals surface area contributed by atoms with Crippen LogP contribution in [0.15, 0.2) is 427 Å². The molecule has 0 aliphatic carbocycles. The third-order valence-electron chi connectivity index (χ3n) is 23.6. The van der Waals surface area contributed by atoms with Crippen molar-refractivity contribution < 1.29 is 8.83 Å². The van der Waals surface area contributed by atoms with E-state index in [9.17, 15) is 0 Å². The molecule has 570 valence electrons. The van der Waals surface area contributed by atoms with Crippen LogP contribution in [0.3, 0.4) is 0 Å². The van der Waals surface area contributed by atoms with Gasteiger partial charge < -0.3 is 8.83 Å². The molecular formula is C115H78N4O2. The second-order valence-corrected chi connectivity index (χ2v) is 31.3. The molecule has 6 nitrogen and oxygen atoms in total. The Balaban J connectivity index is 0.902. The lowest BCUT2D eigenvalue weighted by molar-refractivity contribution is 0.584. The van der Waals surface area contributed by atoms with Crippen LogP contribution >= 0.6 is 0 Å². The third kappa shape index (κ3) is 13.2. The van der Waals surface area contributed by atoms with Crippen molar-refractivity contribution in [3.05, 3.63) is 430 Å². The van der Waals surface area contributed by atoms with E-state index in [-0.39, 0.29) is 0 Å². The maximum Gasteiger partial charge on any atom is 0.248 e. The second kappa shape index (κ2) is 31.0. The van der Waals surface area contributed by atoms with Gasteiger partial charge >= 0.3 is 0 Å². The minimum atomic E-state index is 0.377. The highest BCUT2D eigenvalue weighted by atomic mass is 16.4. The van der Waals surface area contributed by atoms with Crippen molar-refractivity contribution >= 4 is 59.4 Å². The van der Waals surface area contributed by atoms with Crippen molar-refractivity contribution in [3.63, 3.8) is 0 Å². The summed E-state index contributed by atoms with van der Waals surface area (Å²) < 4.78 is 14.1. The van der Waals surface area contributed by atoms with Crippen molar-refractivity contribution in [2.75, 3.05) is 0 Å². The molecule has 0 saturated heterocycles. The Kier molecular flexibility index (Phi) is 18.7. The molecule has 19 aromatic carbocycles. The van der Waals surface area contributed by atoms with Crippen LogP contribution < -0.4 is 0 Å². The first-order valence-corrected chi connectivity index (χ1v) is 41.2. The Bertz CT molecular complexity index is 7490. The fourth-order valence-corrected chi connectivity index (χ4v) is 18.3. The normalized spacial score (nSPS) is 11.8. The van der Waals surface area contributed by atoms with Crippen LogP contribution in [0.25, 0.3) is 228 Å². The smallest absolute Gasteiger partial charge is 0.248 e. The summed E-state index contributed by atoms with van der Waals surface area (Å²) in [4.78, 5) is 0. The van der Waals surface area contributed by atoms with Gasteiger partial charge in [0.1, 0.15) is 0 Å². The number of aryl methyl sites for hydroxylation is 1. The molecule has 0 saturated carbocycles. The van der Waals surface area contributed by atoms with E-state index >= 15 is 0 Å². The van der Waals surface area contributed by atoms with Crippen LogP contribution in [-0.4, -0.2) is 20.4 Å². The van der Waals surface area contributed by atoms with Gasteiger partial charge in [-0.3, -0.25) is 0 Å². The Morgan fingerprint density at radius 1 is 0.231 bits per heavy atom. The summed E-state index contributed by atoms with van der Waals surface area (Å²) in [6.07, 6.45) is 6.68. The van der Waals surface area contributed by atoms with E-state index in [0.29, 0.717) is 23.6 Å². The van der Waals surface area contributed by atoms with Gasteiger partial charge in [-0.05, 0) is 269 Å². The molecule has 0 atom stereocenters. The van der Waals surface area contributed by atoms with Crippen LogP contribution in [0.2, 0.25) is 0 Å². The maximum atomic E-state index is 7.07. The lowest BCUT2D eigenvalue weighted by Gasteiger charge is -2.29. The zero-order valence-corrected chi connectivity index (χ0v) is 67.0. The van der Waals surface area contributed by atoms with E-state index in [1.165, 1.54) is 38.2 Å². The molecule has 0 bridgehead atoms. The van der Waals surface area contributed by atoms with Crippen molar-refractivity contribution in [2.45, 2.75) is 20.8 Å². The summed E-state index contributed by atoms with van der Waals surface area (Å²) in [6.45, 7) is 10.9. The molecule has 0 fully saturated rings. The number of benzene rings is 19. The Morgan fingerprint density at radius 3 is 0.835 bits per heavy atom. The average Bonchev–Trinajstić information content (AvgIpc) is 0.929. The van der Waals surface area contributed by atoms with E-state index < -0.39 is 0 Å². The lowest BCUT2D eigenvalue weighted by Crippen LogP contribution is -2.03. The molecule has 21 rings (SSSR count). The van der Waals surface area contributed by atoms with Gasteiger partial charge in [-0.1, -0.05) is 364 Å². The Morgan fingerprint density at radius 2 is 0.488 bits per heavy atom. The minimum Gasteiger partial charge on any atom is -0.416 e. The quantitative estimate of drug-likeness (QED) is 0.0484. The molecule has 21 aromatic rings. The first-order chi connectivity index (χ1) is 59.7. The van der Waals surface area contributed by atoms with Gasteiger partial charge in [0.25, 0.3) is 0 Å². The summed E-state index contributed by atoms with van der Waals surface area (Å²) in [7, 11) is 0. The second-order valence-electron chi connectivity index (χ2n) is 31.3. The molecule has 2 heterocycles. The number of aromatic nitrogens is 4. The monoisotopic (exact) mass is 1550 g/mol. The first-order valence-electron chi connectivity index (χ1n) is 41.2. The van der Waals surface area contributed by atoms with Gasteiger partial charge in [-0.25, -0.2) is 0 Å². The molecule has 6 heteroatoms. The third-order valence-corrected chi connectivity index (χ3v) is 23.6. The molecule has 0 N–H and O–H groups in total. The standard InChI is InChI=1S/C115H78N4O2/c1-5-74(61-58-72(2)3)98-104(84-50-30-52-86(64-84)112-116-118-114(120-112)92-68-88(75-34-14-6-15-35-75)66-89(69-92)76-36-16-7-17-37-76)105(85-51-31-53-87(65-85)113-117-119-115(121-113)93-70-90(77-38-18-8-19-39-77)67-91(71-93)78-40-20-9-21-41-78)103(83-62-59-73(4)60-63-83)111-97-57-33-56-96-107(97)106-94(108(98)111)54-32-55-95(106)109-101(81-46-26-12-27-47-81)99(79-42-22-10-23-43-79)100(80-44-24-11-25-45-80)102(110(96)109)82-48-28-13-29-49-82/h5-71H,2H2,1,3-4H3/b61-58-,74-5+. The first kappa shape index (κ1) is 72.9. The van der Waals surface area contributed by atoms with E-state index in [2.05, 4.69) is 410 Å². The fraction of sp³-hybridized carbons (Fsp3) is 0.0261. The predicted octanol–water partition coefficient (Wildman–Crippen LogP) is 31.5. The lowest BCUT2D eigenvalue weighted by atomic mass is 9.73. The van der Waals surface area contributed by atoms with Crippen LogP contribution in [0, 0.1) is 6.92 Å². The molecule has 0 spiro atoms. The number of hydrogen-bond donors (Lipinski definition) is 0. The number of allylic oxidation sites excluding steroid dienone is 5. The van der Waals surface area contributed by atoms with Gasteiger partial charge in [0.05, 0.1) is 0 Å². The highest BCUT2D eigenvalue weighted by molar-refractivity contribution is 6.46. The van der Waals surface area contributed by atoms with Crippen LogP contribution in [0.1, 0.15) is 25.0 Å². The highest BCUT2D eigenvalue weighted by Gasteiger charge is 2.33. The molecular weight excluding hydrogens is 1470 g/mol. The van der Waals surface area contributed by atoms with Crippen molar-refractivity contribution in [2.24, 2.45) is 0 Å². The summed E-state index contributed by atoms with van der Waals surface area (Å²) in [5.41, 5.74) is 30.8. The topological polar surface area (TPSA) is 77.8 Å². The molecule has 2 aromatic heterocycles. The van der Waals surface area contributed by atoms with Crippen LogP contribution in [0.5, 0.6) is 0 Å². The summed E-state index contributed by atoms with van der Waals surface area (Å²) in [5.74, 6) is 1.57. The molecule has 0 unspecified atom stereocenters. The molecule has 0 radical (unpaired) electrons. The fourth-order valence-electron chi connectivity index (χ4n) is 18.3. The van der Waals surface area contributed by atoms with Gasteiger partial charge in [0.15, 0.2) is 0 Å². The van der Waals surface area contributed by atoms with E-state index in [4.69, 9.17) is 29.2 Å².